The Balaban J connectivity index is 2.16. The molecule has 2 N–H and O–H groups in total. The van der Waals surface area contributed by atoms with Gasteiger partial charge in [0.25, 0.3) is 5.56 Å². The van der Waals surface area contributed by atoms with Crippen LogP contribution in [0.4, 0.5) is 13.2 Å². The Hall–Kier alpha value is -3.35. The lowest BCUT2D eigenvalue weighted by Gasteiger charge is -2.23. The summed E-state index contributed by atoms with van der Waals surface area (Å²) in [5.74, 6) is -0.435. The van der Waals surface area contributed by atoms with Gasteiger partial charge in [0.2, 0.25) is 5.91 Å². The number of hydrogen-bond donors (Lipinski definition) is 2. The van der Waals surface area contributed by atoms with Gasteiger partial charge in [-0.1, -0.05) is 67.6 Å². The van der Waals surface area contributed by atoms with E-state index in [1.165, 1.54) is 0 Å². The first-order chi connectivity index (χ1) is 14.3. The van der Waals surface area contributed by atoms with Gasteiger partial charge >= 0.3 is 6.18 Å². The van der Waals surface area contributed by atoms with E-state index in [0.29, 0.717) is 11.1 Å². The van der Waals surface area contributed by atoms with E-state index in [2.05, 4.69) is 10.3 Å². The van der Waals surface area contributed by atoms with Crippen molar-refractivity contribution in [3.05, 3.63) is 93.8 Å². The number of benzene rings is 2. The number of carbonyl (C=O) groups is 1. The van der Waals surface area contributed by atoms with Crippen molar-refractivity contribution in [1.29, 1.82) is 0 Å². The Morgan fingerprint density at radius 1 is 1.03 bits per heavy atom. The minimum Gasteiger partial charge on any atom is -0.349 e. The molecular formula is C23H21F3N2O2. The summed E-state index contributed by atoms with van der Waals surface area (Å²) in [6.45, 7) is 1.60. The Bertz CT molecular complexity index is 1060. The summed E-state index contributed by atoms with van der Waals surface area (Å²) in [4.78, 5) is 27.5. The highest BCUT2D eigenvalue weighted by Crippen LogP contribution is 2.35. The van der Waals surface area contributed by atoms with Crippen molar-refractivity contribution >= 4 is 5.91 Å². The maximum Gasteiger partial charge on any atom is 0.417 e. The molecule has 0 aliphatic heterocycles. The van der Waals surface area contributed by atoms with Crippen LogP contribution in [0.15, 0.2) is 71.5 Å². The Kier molecular flexibility index (Phi) is 6.40. The number of aromatic nitrogens is 1. The van der Waals surface area contributed by atoms with Gasteiger partial charge in [-0.15, -0.1) is 0 Å². The van der Waals surface area contributed by atoms with E-state index in [1.807, 2.05) is 0 Å². The monoisotopic (exact) mass is 414 g/mol. The molecule has 1 unspecified atom stereocenters. The Morgan fingerprint density at radius 3 is 2.20 bits per heavy atom. The number of pyridine rings is 1. The van der Waals surface area contributed by atoms with E-state index in [9.17, 15) is 22.8 Å². The molecule has 0 bridgehead atoms. The van der Waals surface area contributed by atoms with E-state index in [-0.39, 0.29) is 18.5 Å². The van der Waals surface area contributed by atoms with Gasteiger partial charge in [-0.3, -0.25) is 9.59 Å². The van der Waals surface area contributed by atoms with Crippen molar-refractivity contribution in [3.63, 3.8) is 0 Å². The zero-order chi connectivity index (χ0) is 21.7. The number of carbonyl (C=O) groups excluding carboxylic acids is 1. The summed E-state index contributed by atoms with van der Waals surface area (Å²) in [5, 5.41) is 2.59. The Morgan fingerprint density at radius 2 is 1.63 bits per heavy atom. The molecule has 1 aromatic heterocycles. The molecule has 0 radical (unpaired) electrons. The van der Waals surface area contributed by atoms with Crippen molar-refractivity contribution in [1.82, 2.24) is 10.3 Å². The molecule has 0 aliphatic carbocycles. The molecule has 0 fully saturated rings. The van der Waals surface area contributed by atoms with Gasteiger partial charge in [-0.25, -0.2) is 0 Å². The molecule has 1 amide bonds. The maximum absolute atomic E-state index is 14.0. The molecule has 0 saturated heterocycles. The predicted molar refractivity (Wildman–Crippen MR) is 109 cm³/mol. The quantitative estimate of drug-likeness (QED) is 0.605. The van der Waals surface area contributed by atoms with Crippen LogP contribution in [0.25, 0.3) is 11.3 Å². The molecule has 1 heterocycles. The number of alkyl halides is 3. The van der Waals surface area contributed by atoms with Crippen LogP contribution in [0.1, 0.15) is 36.1 Å². The van der Waals surface area contributed by atoms with Crippen molar-refractivity contribution in [2.24, 2.45) is 0 Å². The summed E-state index contributed by atoms with van der Waals surface area (Å²) >= 11 is 0. The van der Waals surface area contributed by atoms with Crippen LogP contribution in [-0.4, -0.2) is 10.9 Å². The van der Waals surface area contributed by atoms with Crippen LogP contribution in [0.2, 0.25) is 0 Å². The number of amides is 1. The minimum atomic E-state index is -4.76. The summed E-state index contributed by atoms with van der Waals surface area (Å²) in [7, 11) is 0. The first-order valence-corrected chi connectivity index (χ1v) is 9.52. The van der Waals surface area contributed by atoms with Crippen LogP contribution in [-0.2, 0) is 17.4 Å². The lowest BCUT2D eigenvalue weighted by atomic mass is 9.94. The van der Waals surface area contributed by atoms with E-state index in [1.54, 1.807) is 67.6 Å². The van der Waals surface area contributed by atoms with Crippen molar-refractivity contribution in [2.45, 2.75) is 32.0 Å². The van der Waals surface area contributed by atoms with E-state index in [4.69, 9.17) is 0 Å². The lowest BCUT2D eigenvalue weighted by Crippen LogP contribution is -2.35. The number of H-pyrrole nitrogens is 1. The van der Waals surface area contributed by atoms with Gasteiger partial charge in [0.05, 0.1) is 17.2 Å². The largest absolute Gasteiger partial charge is 0.417 e. The number of hydrogen-bond acceptors (Lipinski definition) is 2. The van der Waals surface area contributed by atoms with Crippen molar-refractivity contribution in [3.8, 4) is 11.3 Å². The van der Waals surface area contributed by atoms with Crippen molar-refractivity contribution in [2.75, 3.05) is 0 Å². The van der Waals surface area contributed by atoms with Gasteiger partial charge in [-0.05, 0) is 23.6 Å². The molecule has 7 heteroatoms. The second-order valence-electron chi connectivity index (χ2n) is 6.87. The average molecular weight is 414 g/mol. The SMILES string of the molecule is CCC(=O)NC(Cc1ccccc1)c1c(C(F)(F)F)cc(-c2ccccc2)[nH]c1=O. The molecule has 3 aromatic rings. The summed E-state index contributed by atoms with van der Waals surface area (Å²) in [5.41, 5.74) is -1.18. The van der Waals surface area contributed by atoms with Gasteiger partial charge in [0.15, 0.2) is 0 Å². The molecule has 30 heavy (non-hydrogen) atoms. The molecular weight excluding hydrogens is 393 g/mol. The predicted octanol–water partition coefficient (Wildman–Crippen LogP) is 4.87. The van der Waals surface area contributed by atoms with E-state index >= 15 is 0 Å². The van der Waals surface area contributed by atoms with Crippen LogP contribution < -0.4 is 10.9 Å². The zero-order valence-electron chi connectivity index (χ0n) is 16.3. The Labute approximate surface area is 171 Å². The highest BCUT2D eigenvalue weighted by Gasteiger charge is 2.38. The third kappa shape index (κ3) is 4.97. The van der Waals surface area contributed by atoms with Crippen LogP contribution in [0.5, 0.6) is 0 Å². The first kappa shape index (κ1) is 21.4. The second kappa shape index (κ2) is 8.98. The van der Waals surface area contributed by atoms with Crippen molar-refractivity contribution < 1.29 is 18.0 Å². The number of rotatable bonds is 6. The fourth-order valence-electron chi connectivity index (χ4n) is 3.30. The smallest absolute Gasteiger partial charge is 0.349 e. The molecule has 156 valence electrons. The second-order valence-corrected chi connectivity index (χ2v) is 6.87. The standard InChI is InChI=1S/C23H21F3N2O2/c1-2-20(29)27-19(13-15-9-5-3-6-10-15)21-17(23(24,25)26)14-18(28-22(21)30)16-11-7-4-8-12-16/h3-12,14,19H,2,13H2,1H3,(H,27,29)(H,28,30). The molecule has 0 saturated carbocycles. The topological polar surface area (TPSA) is 62.0 Å². The fraction of sp³-hybridized carbons (Fsp3) is 0.217. The third-order valence-corrected chi connectivity index (χ3v) is 4.75. The van der Waals surface area contributed by atoms with Crippen LogP contribution in [0.3, 0.4) is 0 Å². The van der Waals surface area contributed by atoms with Gasteiger partial charge in [0.1, 0.15) is 0 Å². The number of nitrogens with one attached hydrogen (secondary N) is 2. The summed E-state index contributed by atoms with van der Waals surface area (Å²) in [6, 6.07) is 16.9. The maximum atomic E-state index is 14.0. The van der Waals surface area contributed by atoms with E-state index < -0.39 is 34.8 Å². The summed E-state index contributed by atoms with van der Waals surface area (Å²) < 4.78 is 41.9. The molecule has 1 atom stereocenters. The summed E-state index contributed by atoms with van der Waals surface area (Å²) in [6.07, 6.45) is -4.62. The molecule has 3 rings (SSSR count). The highest BCUT2D eigenvalue weighted by molar-refractivity contribution is 5.76. The normalized spacial score (nSPS) is 12.4. The van der Waals surface area contributed by atoms with Gasteiger partial charge in [-0.2, -0.15) is 13.2 Å². The number of aromatic amines is 1. The van der Waals surface area contributed by atoms with Crippen LogP contribution >= 0.6 is 0 Å². The molecule has 0 spiro atoms. The molecule has 4 nitrogen and oxygen atoms in total. The molecule has 0 aliphatic rings. The fourth-order valence-corrected chi connectivity index (χ4v) is 3.30. The van der Waals surface area contributed by atoms with Gasteiger partial charge < -0.3 is 10.3 Å². The van der Waals surface area contributed by atoms with Gasteiger partial charge in [0, 0.05) is 12.1 Å². The van der Waals surface area contributed by atoms with Crippen LogP contribution in [0, 0.1) is 0 Å². The minimum absolute atomic E-state index is 0.0590. The number of halogens is 3. The zero-order valence-corrected chi connectivity index (χ0v) is 16.3. The third-order valence-electron chi connectivity index (χ3n) is 4.75. The molecule has 2 aromatic carbocycles. The first-order valence-electron chi connectivity index (χ1n) is 9.52. The van der Waals surface area contributed by atoms with E-state index in [0.717, 1.165) is 6.07 Å². The average Bonchev–Trinajstić information content (AvgIpc) is 2.73. The highest BCUT2D eigenvalue weighted by atomic mass is 19.4. The lowest BCUT2D eigenvalue weighted by molar-refractivity contribution is -0.139.